The van der Waals surface area contributed by atoms with E-state index < -0.39 is 0 Å². The lowest BCUT2D eigenvalue weighted by molar-refractivity contribution is -0.127. The highest BCUT2D eigenvalue weighted by Crippen LogP contribution is 2.28. The minimum atomic E-state index is -0.0804. The zero-order valence-corrected chi connectivity index (χ0v) is 19.5. The summed E-state index contributed by atoms with van der Waals surface area (Å²) < 4.78 is 5.80. The summed E-state index contributed by atoms with van der Waals surface area (Å²) in [5.74, 6) is 1.19. The van der Waals surface area contributed by atoms with E-state index >= 15 is 0 Å². The fourth-order valence-corrected chi connectivity index (χ4v) is 5.05. The molecular formula is C27H32N2O2S. The van der Waals surface area contributed by atoms with Gasteiger partial charge in [0.05, 0.1) is 12.6 Å². The van der Waals surface area contributed by atoms with Crippen LogP contribution in [-0.2, 0) is 4.79 Å². The highest BCUT2D eigenvalue weighted by Gasteiger charge is 2.27. The molecule has 0 spiro atoms. The van der Waals surface area contributed by atoms with Crippen LogP contribution in [0.2, 0.25) is 0 Å². The molecule has 0 saturated carbocycles. The van der Waals surface area contributed by atoms with Gasteiger partial charge in [0.15, 0.2) is 0 Å². The van der Waals surface area contributed by atoms with E-state index in [1.165, 1.54) is 11.1 Å². The Kier molecular flexibility index (Phi) is 7.97. The summed E-state index contributed by atoms with van der Waals surface area (Å²) in [6.07, 6.45) is 2.82. The summed E-state index contributed by atoms with van der Waals surface area (Å²) >= 11 is 1.67. The number of nitrogens with zero attached hydrogens (tertiary/aromatic N) is 1. The number of thiophene rings is 1. The molecule has 1 aromatic heterocycles. The van der Waals surface area contributed by atoms with Crippen LogP contribution in [-0.4, -0.2) is 37.0 Å². The van der Waals surface area contributed by atoms with Crippen LogP contribution in [0.1, 0.15) is 42.0 Å². The molecule has 3 aromatic rings. The Labute approximate surface area is 195 Å². The maximum Gasteiger partial charge on any atom is 0.223 e. The van der Waals surface area contributed by atoms with E-state index in [1.807, 2.05) is 42.5 Å². The van der Waals surface area contributed by atoms with Crippen molar-refractivity contribution in [1.29, 1.82) is 0 Å². The van der Waals surface area contributed by atoms with Crippen LogP contribution in [0.15, 0.2) is 71.4 Å². The summed E-state index contributed by atoms with van der Waals surface area (Å²) in [5.41, 5.74) is 3.54. The Bertz CT molecular complexity index is 966. The van der Waals surface area contributed by atoms with E-state index in [-0.39, 0.29) is 17.9 Å². The normalized spacial score (nSPS) is 15.9. The molecule has 4 nitrogen and oxygen atoms in total. The van der Waals surface area contributed by atoms with Crippen molar-refractivity contribution in [2.24, 2.45) is 5.92 Å². The number of carbonyl (C=O) groups excluding carboxylic acids is 1. The van der Waals surface area contributed by atoms with Crippen LogP contribution >= 0.6 is 11.3 Å². The number of nitrogens with one attached hydrogen (secondary N) is 1. The predicted octanol–water partition coefficient (Wildman–Crippen LogP) is 5.44. The second-order valence-electron chi connectivity index (χ2n) is 8.49. The summed E-state index contributed by atoms with van der Waals surface area (Å²) in [6, 6.07) is 20.3. The van der Waals surface area contributed by atoms with Crippen LogP contribution in [0, 0.1) is 12.8 Å². The van der Waals surface area contributed by atoms with Gasteiger partial charge in [-0.05, 0) is 84.9 Å². The second kappa shape index (κ2) is 11.3. The molecule has 0 bridgehead atoms. The molecule has 1 saturated heterocycles. The molecule has 1 aliphatic heterocycles. The highest BCUT2D eigenvalue weighted by molar-refractivity contribution is 7.08. The Balaban J connectivity index is 1.26. The van der Waals surface area contributed by atoms with Crippen molar-refractivity contribution in [3.05, 3.63) is 88.1 Å². The highest BCUT2D eigenvalue weighted by atomic mass is 32.1. The number of para-hydroxylation sites is 1. The topological polar surface area (TPSA) is 41.6 Å². The van der Waals surface area contributed by atoms with Crippen molar-refractivity contribution in [3.8, 4) is 5.75 Å². The number of benzene rings is 2. The van der Waals surface area contributed by atoms with Gasteiger partial charge in [-0.2, -0.15) is 11.3 Å². The molecule has 0 aliphatic carbocycles. The lowest BCUT2D eigenvalue weighted by Crippen LogP contribution is -2.42. The molecule has 2 heterocycles. The molecule has 168 valence electrons. The summed E-state index contributed by atoms with van der Waals surface area (Å²) in [5, 5.41) is 7.57. The van der Waals surface area contributed by atoms with Crippen molar-refractivity contribution in [2.45, 2.75) is 32.2 Å². The van der Waals surface area contributed by atoms with Crippen LogP contribution in [0.3, 0.4) is 0 Å². The largest absolute Gasteiger partial charge is 0.494 e. The molecule has 32 heavy (non-hydrogen) atoms. The van der Waals surface area contributed by atoms with Crippen LogP contribution in [0.25, 0.3) is 0 Å². The third-order valence-electron chi connectivity index (χ3n) is 6.25. The fraction of sp³-hybridized carbons (Fsp3) is 0.370. The lowest BCUT2D eigenvalue weighted by atomic mass is 9.93. The third-order valence-corrected chi connectivity index (χ3v) is 6.95. The first-order chi connectivity index (χ1) is 15.7. The van der Waals surface area contributed by atoms with Gasteiger partial charge in [0.1, 0.15) is 5.75 Å². The molecule has 0 radical (unpaired) electrons. The monoisotopic (exact) mass is 448 g/mol. The number of aryl methyl sites for hydroxylation is 1. The Hall–Kier alpha value is -2.63. The van der Waals surface area contributed by atoms with Crippen molar-refractivity contribution in [2.75, 3.05) is 26.2 Å². The second-order valence-corrected chi connectivity index (χ2v) is 9.27. The molecule has 1 N–H and O–H groups in total. The number of hydrogen-bond acceptors (Lipinski definition) is 4. The van der Waals surface area contributed by atoms with Crippen molar-refractivity contribution < 1.29 is 9.53 Å². The van der Waals surface area contributed by atoms with Crippen molar-refractivity contribution >= 4 is 17.2 Å². The van der Waals surface area contributed by atoms with E-state index in [2.05, 4.69) is 46.1 Å². The van der Waals surface area contributed by atoms with Crippen LogP contribution in [0.5, 0.6) is 5.75 Å². The minimum Gasteiger partial charge on any atom is -0.494 e. The van der Waals surface area contributed by atoms with Gasteiger partial charge in [-0.1, -0.05) is 42.5 Å². The van der Waals surface area contributed by atoms with Gasteiger partial charge < -0.3 is 15.0 Å². The van der Waals surface area contributed by atoms with Gasteiger partial charge in [0, 0.05) is 12.5 Å². The maximum atomic E-state index is 13.2. The molecule has 1 aliphatic rings. The zero-order valence-electron chi connectivity index (χ0n) is 18.7. The third kappa shape index (κ3) is 5.99. The molecule has 4 rings (SSSR count). The Morgan fingerprint density at radius 2 is 1.84 bits per heavy atom. The number of likely N-dealkylation sites (tertiary alicyclic amines) is 1. The lowest BCUT2D eigenvalue weighted by Gasteiger charge is -2.32. The van der Waals surface area contributed by atoms with E-state index in [1.54, 1.807) is 11.3 Å². The average molecular weight is 449 g/mol. The standard InChI is InChI=1S/C27H32N2O2S/c1-21-8-5-6-11-25(21)26(23-14-19-32-20-23)28-27(30)22-12-16-29(17-13-22)15-7-18-31-24-9-3-2-4-10-24/h2-6,8-11,14,19-20,22,26H,7,12-13,15-18H2,1H3,(H,28,30). The zero-order chi connectivity index (χ0) is 22.2. The van der Waals surface area contributed by atoms with Gasteiger partial charge in [-0.15, -0.1) is 0 Å². The molecule has 1 unspecified atom stereocenters. The minimum absolute atomic E-state index is 0.0804. The number of carbonyl (C=O) groups is 1. The van der Waals surface area contributed by atoms with E-state index in [0.29, 0.717) is 0 Å². The molecule has 1 amide bonds. The molecule has 5 heteroatoms. The van der Waals surface area contributed by atoms with Gasteiger partial charge in [0.25, 0.3) is 0 Å². The summed E-state index contributed by atoms with van der Waals surface area (Å²) in [6.45, 7) is 5.79. The van der Waals surface area contributed by atoms with E-state index in [0.717, 1.165) is 56.8 Å². The smallest absolute Gasteiger partial charge is 0.223 e. The maximum absolute atomic E-state index is 13.2. The SMILES string of the molecule is Cc1ccccc1C(NC(=O)C1CCN(CCCOc2ccccc2)CC1)c1ccsc1. The molecular weight excluding hydrogens is 416 g/mol. The van der Waals surface area contributed by atoms with Gasteiger partial charge in [0.2, 0.25) is 5.91 Å². The Morgan fingerprint density at radius 1 is 1.09 bits per heavy atom. The first-order valence-electron chi connectivity index (χ1n) is 11.5. The van der Waals surface area contributed by atoms with E-state index in [4.69, 9.17) is 4.74 Å². The van der Waals surface area contributed by atoms with Gasteiger partial charge in [-0.25, -0.2) is 0 Å². The first-order valence-corrected chi connectivity index (χ1v) is 12.4. The summed E-state index contributed by atoms with van der Waals surface area (Å²) in [4.78, 5) is 15.6. The van der Waals surface area contributed by atoms with E-state index in [9.17, 15) is 4.79 Å². The molecule has 1 atom stereocenters. The number of rotatable bonds is 9. The van der Waals surface area contributed by atoms with Crippen LogP contribution < -0.4 is 10.1 Å². The molecule has 2 aromatic carbocycles. The number of ether oxygens (including phenoxy) is 1. The van der Waals surface area contributed by atoms with Gasteiger partial charge in [-0.3, -0.25) is 4.79 Å². The fourth-order valence-electron chi connectivity index (χ4n) is 4.36. The number of piperidine rings is 1. The average Bonchev–Trinajstić information content (AvgIpc) is 3.37. The number of hydrogen-bond donors (Lipinski definition) is 1. The quantitative estimate of drug-likeness (QED) is 0.443. The van der Waals surface area contributed by atoms with Crippen molar-refractivity contribution in [1.82, 2.24) is 10.2 Å². The van der Waals surface area contributed by atoms with Crippen molar-refractivity contribution in [3.63, 3.8) is 0 Å². The summed E-state index contributed by atoms with van der Waals surface area (Å²) in [7, 11) is 0. The first kappa shape index (κ1) is 22.6. The predicted molar refractivity (Wildman–Crippen MR) is 131 cm³/mol. The Morgan fingerprint density at radius 3 is 2.56 bits per heavy atom. The molecule has 1 fully saturated rings. The number of amides is 1. The van der Waals surface area contributed by atoms with Gasteiger partial charge >= 0.3 is 0 Å². The van der Waals surface area contributed by atoms with Crippen LogP contribution in [0.4, 0.5) is 0 Å².